The first-order valence-electron chi connectivity index (χ1n) is 5.93. The van der Waals surface area contributed by atoms with Gasteiger partial charge in [0.25, 0.3) is 0 Å². The molecule has 110 valence electrons. The molecule has 1 aliphatic rings. The standard InChI is InChI=1S/C13H16N2O3S.ClH/c1-8-3-4-9(13(17)18-2)5-10(8)15-12(16)11-6-19-7-14-11;/h3-5,11,14H,6-7H2,1-2H3,(H,15,16);1H. The number of esters is 1. The molecule has 0 spiro atoms. The van der Waals surface area contributed by atoms with Crippen molar-refractivity contribution >= 4 is 41.7 Å². The van der Waals surface area contributed by atoms with E-state index >= 15 is 0 Å². The number of nitrogens with one attached hydrogen (secondary N) is 2. The second kappa shape index (κ2) is 7.52. The molecule has 0 aliphatic carbocycles. The normalized spacial score (nSPS) is 17.2. The number of methoxy groups -OCH3 is 1. The highest BCUT2D eigenvalue weighted by atomic mass is 35.5. The Hall–Kier alpha value is -1.24. The van der Waals surface area contributed by atoms with Gasteiger partial charge < -0.3 is 10.1 Å². The Morgan fingerprint density at radius 3 is 2.80 bits per heavy atom. The Morgan fingerprint density at radius 2 is 2.20 bits per heavy atom. The third-order valence-electron chi connectivity index (χ3n) is 2.95. The van der Waals surface area contributed by atoms with Gasteiger partial charge in [-0.1, -0.05) is 6.07 Å². The lowest BCUT2D eigenvalue weighted by Crippen LogP contribution is -2.37. The van der Waals surface area contributed by atoms with Crippen molar-refractivity contribution in [3.05, 3.63) is 29.3 Å². The van der Waals surface area contributed by atoms with Crippen LogP contribution in [0.15, 0.2) is 18.2 Å². The van der Waals surface area contributed by atoms with E-state index in [0.29, 0.717) is 11.3 Å². The Balaban J connectivity index is 0.00000200. The van der Waals surface area contributed by atoms with Crippen LogP contribution >= 0.6 is 24.2 Å². The van der Waals surface area contributed by atoms with Crippen LogP contribution in [-0.4, -0.2) is 36.7 Å². The Morgan fingerprint density at radius 1 is 1.45 bits per heavy atom. The number of hydrogen-bond acceptors (Lipinski definition) is 5. The summed E-state index contributed by atoms with van der Waals surface area (Å²) in [5.41, 5.74) is 1.98. The number of amides is 1. The first-order valence-corrected chi connectivity index (χ1v) is 7.08. The maximum Gasteiger partial charge on any atom is 0.337 e. The summed E-state index contributed by atoms with van der Waals surface area (Å²) in [4.78, 5) is 23.5. The molecular formula is C13H17ClN2O3S. The minimum atomic E-state index is -0.412. The van der Waals surface area contributed by atoms with Crippen molar-refractivity contribution < 1.29 is 14.3 Å². The zero-order valence-corrected chi connectivity index (χ0v) is 12.9. The number of aryl methyl sites for hydroxylation is 1. The number of anilines is 1. The number of benzene rings is 1. The van der Waals surface area contributed by atoms with Crippen molar-refractivity contribution in [3.8, 4) is 0 Å². The summed E-state index contributed by atoms with van der Waals surface area (Å²) < 4.78 is 4.67. The molecule has 5 nitrogen and oxygen atoms in total. The molecule has 1 aliphatic heterocycles. The van der Waals surface area contributed by atoms with E-state index in [1.807, 2.05) is 6.92 Å². The van der Waals surface area contributed by atoms with Gasteiger partial charge in [-0.25, -0.2) is 4.79 Å². The maximum atomic E-state index is 12.0. The highest BCUT2D eigenvalue weighted by Crippen LogP contribution is 2.19. The summed E-state index contributed by atoms with van der Waals surface area (Å²) in [6.07, 6.45) is 0. The predicted octanol–water partition coefficient (Wildman–Crippen LogP) is 1.80. The van der Waals surface area contributed by atoms with Gasteiger partial charge in [0.05, 0.1) is 18.7 Å². The number of hydrogen-bond donors (Lipinski definition) is 2. The summed E-state index contributed by atoms with van der Waals surface area (Å²) >= 11 is 1.69. The fraction of sp³-hybridized carbons (Fsp3) is 0.385. The van der Waals surface area contributed by atoms with Crippen molar-refractivity contribution in [2.45, 2.75) is 13.0 Å². The first kappa shape index (κ1) is 16.8. The molecule has 7 heteroatoms. The Kier molecular flexibility index (Phi) is 6.32. The van der Waals surface area contributed by atoms with Crippen LogP contribution in [0.1, 0.15) is 15.9 Å². The highest BCUT2D eigenvalue weighted by molar-refractivity contribution is 7.99. The third-order valence-corrected chi connectivity index (χ3v) is 3.89. The van der Waals surface area contributed by atoms with Crippen molar-refractivity contribution in [2.75, 3.05) is 24.1 Å². The van der Waals surface area contributed by atoms with Crippen molar-refractivity contribution in [2.24, 2.45) is 0 Å². The van der Waals surface area contributed by atoms with E-state index in [0.717, 1.165) is 17.2 Å². The van der Waals surface area contributed by atoms with Gasteiger partial charge in [0, 0.05) is 17.3 Å². The molecule has 1 aromatic rings. The monoisotopic (exact) mass is 316 g/mol. The van der Waals surface area contributed by atoms with Crippen molar-refractivity contribution in [3.63, 3.8) is 0 Å². The number of thioether (sulfide) groups is 1. The van der Waals surface area contributed by atoms with Crippen LogP contribution in [0.3, 0.4) is 0 Å². The number of ether oxygens (including phenoxy) is 1. The maximum absolute atomic E-state index is 12.0. The molecule has 1 aromatic carbocycles. The van der Waals surface area contributed by atoms with Crippen molar-refractivity contribution in [1.82, 2.24) is 5.32 Å². The quantitative estimate of drug-likeness (QED) is 0.832. The molecule has 1 atom stereocenters. The molecule has 0 aromatic heterocycles. The molecule has 20 heavy (non-hydrogen) atoms. The summed E-state index contributed by atoms with van der Waals surface area (Å²) in [5, 5.41) is 5.95. The van der Waals surface area contributed by atoms with E-state index in [1.165, 1.54) is 7.11 Å². The number of carbonyl (C=O) groups excluding carboxylic acids is 2. The van der Waals surface area contributed by atoms with Crippen molar-refractivity contribution in [1.29, 1.82) is 0 Å². The van der Waals surface area contributed by atoms with Crippen LogP contribution in [0.2, 0.25) is 0 Å². The van der Waals surface area contributed by atoms with Crippen LogP contribution < -0.4 is 10.6 Å². The summed E-state index contributed by atoms with van der Waals surface area (Å²) in [5.74, 6) is 1.07. The average Bonchev–Trinajstić information content (AvgIpc) is 2.94. The van der Waals surface area contributed by atoms with E-state index in [2.05, 4.69) is 15.4 Å². The molecule has 1 fully saturated rings. The average molecular weight is 317 g/mol. The fourth-order valence-corrected chi connectivity index (χ4v) is 2.73. The topological polar surface area (TPSA) is 67.4 Å². The van der Waals surface area contributed by atoms with Gasteiger partial charge >= 0.3 is 5.97 Å². The summed E-state index contributed by atoms with van der Waals surface area (Å²) in [6.45, 7) is 1.88. The summed E-state index contributed by atoms with van der Waals surface area (Å²) in [6, 6.07) is 4.94. The second-order valence-electron chi connectivity index (χ2n) is 4.28. The van der Waals surface area contributed by atoms with Gasteiger partial charge in [0.1, 0.15) is 0 Å². The molecule has 0 saturated carbocycles. The molecule has 1 amide bonds. The molecule has 2 N–H and O–H groups in total. The van der Waals surface area contributed by atoms with Gasteiger partial charge in [0.2, 0.25) is 5.91 Å². The van der Waals surface area contributed by atoms with Gasteiger partial charge in [-0.3, -0.25) is 10.1 Å². The lowest BCUT2D eigenvalue weighted by atomic mass is 10.1. The van der Waals surface area contributed by atoms with Gasteiger partial charge in [-0.2, -0.15) is 0 Å². The van der Waals surface area contributed by atoms with E-state index < -0.39 is 5.97 Å². The van der Waals surface area contributed by atoms with E-state index in [4.69, 9.17) is 0 Å². The zero-order valence-electron chi connectivity index (χ0n) is 11.3. The smallest absolute Gasteiger partial charge is 0.337 e. The molecule has 1 unspecified atom stereocenters. The largest absolute Gasteiger partial charge is 0.465 e. The second-order valence-corrected chi connectivity index (χ2v) is 5.31. The minimum absolute atomic E-state index is 0. The van der Waals surface area contributed by atoms with Gasteiger partial charge in [0.15, 0.2) is 0 Å². The van der Waals surface area contributed by atoms with Crippen LogP contribution in [0, 0.1) is 6.92 Å². The van der Waals surface area contributed by atoms with E-state index in [-0.39, 0.29) is 24.4 Å². The molecule has 0 bridgehead atoms. The summed E-state index contributed by atoms with van der Waals surface area (Å²) in [7, 11) is 1.33. The van der Waals surface area contributed by atoms with Crippen LogP contribution in [0.25, 0.3) is 0 Å². The Labute approximate surface area is 128 Å². The predicted molar refractivity (Wildman–Crippen MR) is 82.6 cm³/mol. The minimum Gasteiger partial charge on any atom is -0.465 e. The fourth-order valence-electron chi connectivity index (χ4n) is 1.78. The number of carbonyl (C=O) groups is 2. The van der Waals surface area contributed by atoms with Crippen LogP contribution in [0.4, 0.5) is 5.69 Å². The number of rotatable bonds is 3. The molecule has 1 heterocycles. The Bertz CT molecular complexity index is 504. The van der Waals surface area contributed by atoms with E-state index in [9.17, 15) is 9.59 Å². The lowest BCUT2D eigenvalue weighted by Gasteiger charge is -2.13. The van der Waals surface area contributed by atoms with Gasteiger partial charge in [-0.15, -0.1) is 24.2 Å². The number of halogens is 1. The SMILES string of the molecule is COC(=O)c1ccc(C)c(NC(=O)C2CSCN2)c1.Cl. The molecule has 1 saturated heterocycles. The first-order chi connectivity index (χ1) is 9.11. The molecule has 2 rings (SSSR count). The lowest BCUT2D eigenvalue weighted by molar-refractivity contribution is -0.117. The van der Waals surface area contributed by atoms with Crippen LogP contribution in [0.5, 0.6) is 0 Å². The molecular weight excluding hydrogens is 300 g/mol. The van der Waals surface area contributed by atoms with Crippen LogP contribution in [-0.2, 0) is 9.53 Å². The van der Waals surface area contributed by atoms with Gasteiger partial charge in [-0.05, 0) is 24.6 Å². The van der Waals surface area contributed by atoms with E-state index in [1.54, 1.807) is 30.0 Å². The zero-order chi connectivity index (χ0) is 13.8. The highest BCUT2D eigenvalue weighted by Gasteiger charge is 2.23. The third kappa shape index (κ3) is 3.88. The molecule has 0 radical (unpaired) electrons.